The molecule has 2 saturated heterocycles. The van der Waals surface area contributed by atoms with E-state index in [-0.39, 0.29) is 29.9 Å². The van der Waals surface area contributed by atoms with Crippen LogP contribution in [0.1, 0.15) is 37.3 Å². The first-order valence-corrected chi connectivity index (χ1v) is 10.5. The lowest BCUT2D eigenvalue weighted by molar-refractivity contribution is -0.149. The molecule has 3 heterocycles. The molecule has 0 aromatic carbocycles. The predicted octanol–water partition coefficient (Wildman–Crippen LogP) is 2.05. The van der Waals surface area contributed by atoms with Crippen LogP contribution in [0.15, 0.2) is 0 Å². The van der Waals surface area contributed by atoms with E-state index >= 15 is 0 Å². The lowest BCUT2D eigenvalue weighted by Crippen LogP contribution is -2.53. The Morgan fingerprint density at radius 1 is 1.22 bits per heavy atom. The van der Waals surface area contributed by atoms with Crippen molar-refractivity contribution < 1.29 is 14.3 Å². The summed E-state index contributed by atoms with van der Waals surface area (Å²) in [6.07, 6.45) is 1.98. The maximum atomic E-state index is 12.9. The summed E-state index contributed by atoms with van der Waals surface area (Å²) < 4.78 is 5.73. The van der Waals surface area contributed by atoms with Crippen LogP contribution in [-0.2, 0) is 14.3 Å². The highest BCUT2D eigenvalue weighted by Crippen LogP contribution is 2.23. The van der Waals surface area contributed by atoms with Crippen LogP contribution in [0.2, 0.25) is 0 Å². The summed E-state index contributed by atoms with van der Waals surface area (Å²) in [6.45, 7) is 11.1. The number of hydrogen-bond acceptors (Lipinski definition) is 6. The molecule has 3 rings (SSSR count). The first-order valence-electron chi connectivity index (χ1n) is 9.72. The van der Waals surface area contributed by atoms with Gasteiger partial charge < -0.3 is 15.0 Å². The van der Waals surface area contributed by atoms with E-state index in [9.17, 15) is 9.59 Å². The highest BCUT2D eigenvalue weighted by atomic mass is 32.1. The Morgan fingerprint density at radius 3 is 2.56 bits per heavy atom. The quantitative estimate of drug-likeness (QED) is 0.846. The van der Waals surface area contributed by atoms with Gasteiger partial charge in [0.2, 0.25) is 11.8 Å². The molecule has 2 aliphatic heterocycles. The number of anilines is 1. The number of hydrogen-bond donors (Lipinski definition) is 1. The molecule has 27 heavy (non-hydrogen) atoms. The molecule has 3 unspecified atom stereocenters. The summed E-state index contributed by atoms with van der Waals surface area (Å²) in [5, 5.41) is 3.53. The summed E-state index contributed by atoms with van der Waals surface area (Å²) >= 11 is 1.50. The van der Waals surface area contributed by atoms with Crippen molar-refractivity contribution in [3.05, 3.63) is 10.6 Å². The number of aromatic nitrogens is 1. The number of piperidine rings is 1. The smallest absolute Gasteiger partial charge is 0.240 e. The number of thiazole rings is 1. The van der Waals surface area contributed by atoms with Crippen molar-refractivity contribution in [1.82, 2.24) is 14.8 Å². The Balaban J connectivity index is 1.52. The van der Waals surface area contributed by atoms with E-state index in [0.717, 1.165) is 30.0 Å². The molecule has 0 aliphatic carbocycles. The molecule has 1 N–H and O–H groups in total. The number of ether oxygens (including phenoxy) is 1. The van der Waals surface area contributed by atoms with Crippen molar-refractivity contribution in [2.75, 3.05) is 38.0 Å². The van der Waals surface area contributed by atoms with E-state index in [1.54, 1.807) is 0 Å². The van der Waals surface area contributed by atoms with Crippen LogP contribution in [0, 0.1) is 19.8 Å². The number of rotatable bonds is 4. The molecule has 0 radical (unpaired) electrons. The first kappa shape index (κ1) is 20.2. The molecule has 1 aromatic rings. The minimum atomic E-state index is -0.0644. The van der Waals surface area contributed by atoms with Gasteiger partial charge in [-0.05, 0) is 47.1 Å². The van der Waals surface area contributed by atoms with Crippen LogP contribution in [-0.4, -0.2) is 71.5 Å². The zero-order valence-corrected chi connectivity index (χ0v) is 17.5. The average molecular weight is 395 g/mol. The minimum absolute atomic E-state index is 0.0339. The minimum Gasteiger partial charge on any atom is -0.372 e. The molecule has 1 aromatic heterocycles. The Hall–Kier alpha value is -1.51. The largest absolute Gasteiger partial charge is 0.372 e. The van der Waals surface area contributed by atoms with Gasteiger partial charge in [-0.3, -0.25) is 14.5 Å². The number of nitrogens with one attached hydrogen (secondary N) is 1. The van der Waals surface area contributed by atoms with E-state index < -0.39 is 0 Å². The second-order valence-corrected chi connectivity index (χ2v) is 8.99. The molecule has 7 nitrogen and oxygen atoms in total. The standard InChI is InChI=1S/C19H30N4O3S/c1-12-8-23(9-13(2)26-12)18(25)16-6-5-7-22(10-16)11-17(24)21-19-20-14(3)15(4)27-19/h12-13,16H,5-11H2,1-4H3,(H,20,21,24). The summed E-state index contributed by atoms with van der Waals surface area (Å²) in [4.78, 5) is 34.8. The lowest BCUT2D eigenvalue weighted by Gasteiger charge is -2.39. The number of morpholine rings is 1. The Kier molecular flexibility index (Phi) is 6.49. The number of nitrogens with zero attached hydrogens (tertiary/aromatic N) is 3. The Bertz CT molecular complexity index is 663. The van der Waals surface area contributed by atoms with Crippen LogP contribution in [0.4, 0.5) is 5.13 Å². The maximum Gasteiger partial charge on any atom is 0.240 e. The highest BCUT2D eigenvalue weighted by molar-refractivity contribution is 7.15. The van der Waals surface area contributed by atoms with Crippen molar-refractivity contribution in [1.29, 1.82) is 0 Å². The molecule has 2 amide bonds. The zero-order valence-electron chi connectivity index (χ0n) is 16.7. The molecule has 0 spiro atoms. The predicted molar refractivity (Wildman–Crippen MR) is 106 cm³/mol. The van der Waals surface area contributed by atoms with E-state index in [4.69, 9.17) is 4.74 Å². The van der Waals surface area contributed by atoms with Gasteiger partial charge in [0, 0.05) is 24.5 Å². The van der Waals surface area contributed by atoms with Crippen molar-refractivity contribution in [2.45, 2.75) is 52.7 Å². The molecule has 150 valence electrons. The van der Waals surface area contributed by atoms with Crippen LogP contribution >= 0.6 is 11.3 Å². The van der Waals surface area contributed by atoms with E-state index in [1.807, 2.05) is 32.6 Å². The SMILES string of the molecule is Cc1nc(NC(=O)CN2CCCC(C(=O)N3CC(C)OC(C)C3)C2)sc1C. The first-order chi connectivity index (χ1) is 12.8. The average Bonchev–Trinajstić information content (AvgIpc) is 2.90. The molecule has 2 aliphatic rings. The van der Waals surface area contributed by atoms with Crippen molar-refractivity contribution in [3.63, 3.8) is 0 Å². The van der Waals surface area contributed by atoms with Crippen molar-refractivity contribution in [2.24, 2.45) is 5.92 Å². The number of aryl methyl sites for hydroxylation is 2. The molecule has 8 heteroatoms. The topological polar surface area (TPSA) is 74.8 Å². The Morgan fingerprint density at radius 2 is 1.93 bits per heavy atom. The molecular formula is C19H30N4O3S. The second-order valence-electron chi connectivity index (χ2n) is 7.78. The third kappa shape index (κ3) is 5.27. The van der Waals surface area contributed by atoms with Gasteiger partial charge in [-0.1, -0.05) is 0 Å². The van der Waals surface area contributed by atoms with Crippen LogP contribution in [0.25, 0.3) is 0 Å². The number of carbonyl (C=O) groups is 2. The summed E-state index contributed by atoms with van der Waals surface area (Å²) in [7, 11) is 0. The highest BCUT2D eigenvalue weighted by Gasteiger charge is 2.33. The van der Waals surface area contributed by atoms with Crippen molar-refractivity contribution >= 4 is 28.3 Å². The van der Waals surface area contributed by atoms with Gasteiger partial charge in [-0.15, -0.1) is 11.3 Å². The molecule has 3 atom stereocenters. The van der Waals surface area contributed by atoms with E-state index in [0.29, 0.717) is 31.3 Å². The van der Waals surface area contributed by atoms with Crippen molar-refractivity contribution in [3.8, 4) is 0 Å². The van der Waals surface area contributed by atoms with E-state index in [1.165, 1.54) is 11.3 Å². The maximum absolute atomic E-state index is 12.9. The fraction of sp³-hybridized carbons (Fsp3) is 0.737. The normalized spacial score (nSPS) is 26.8. The van der Waals surface area contributed by atoms with Crippen LogP contribution in [0.5, 0.6) is 0 Å². The fourth-order valence-electron chi connectivity index (χ4n) is 3.90. The van der Waals surface area contributed by atoms with Gasteiger partial charge in [0.25, 0.3) is 0 Å². The van der Waals surface area contributed by atoms with Gasteiger partial charge in [0.15, 0.2) is 5.13 Å². The Labute approximate surface area is 165 Å². The fourth-order valence-corrected chi connectivity index (χ4v) is 4.74. The van der Waals surface area contributed by atoms with E-state index in [2.05, 4.69) is 15.2 Å². The van der Waals surface area contributed by atoms with Gasteiger partial charge in [0.1, 0.15) is 0 Å². The van der Waals surface area contributed by atoms with Gasteiger partial charge in [-0.25, -0.2) is 4.98 Å². The third-order valence-electron chi connectivity index (χ3n) is 5.23. The number of amides is 2. The molecular weight excluding hydrogens is 364 g/mol. The molecule has 0 bridgehead atoms. The van der Waals surface area contributed by atoms with Gasteiger partial charge in [0.05, 0.1) is 30.4 Å². The van der Waals surface area contributed by atoms with Crippen LogP contribution < -0.4 is 5.32 Å². The second kappa shape index (κ2) is 8.67. The number of carbonyl (C=O) groups excluding carboxylic acids is 2. The zero-order chi connectivity index (χ0) is 19.6. The third-order valence-corrected chi connectivity index (χ3v) is 6.22. The van der Waals surface area contributed by atoms with Gasteiger partial charge >= 0.3 is 0 Å². The number of likely N-dealkylation sites (tertiary alicyclic amines) is 1. The molecule has 2 fully saturated rings. The summed E-state index contributed by atoms with van der Waals surface area (Å²) in [5.74, 6) is 0.104. The summed E-state index contributed by atoms with van der Waals surface area (Å²) in [6, 6.07) is 0. The molecule has 0 saturated carbocycles. The monoisotopic (exact) mass is 394 g/mol. The van der Waals surface area contributed by atoms with Gasteiger partial charge in [-0.2, -0.15) is 0 Å². The lowest BCUT2D eigenvalue weighted by atomic mass is 9.96. The van der Waals surface area contributed by atoms with Crippen LogP contribution in [0.3, 0.4) is 0 Å². The summed E-state index contributed by atoms with van der Waals surface area (Å²) in [5.41, 5.74) is 0.952.